The third-order valence-corrected chi connectivity index (χ3v) is 4.29. The van der Waals surface area contributed by atoms with Gasteiger partial charge in [0.2, 0.25) is 0 Å². The summed E-state index contributed by atoms with van der Waals surface area (Å²) in [6, 6.07) is 0.0359. The maximum absolute atomic E-state index is 12.3. The molecule has 2 aliphatic rings. The zero-order valence-electron chi connectivity index (χ0n) is 12.2. The molecule has 0 bridgehead atoms. The van der Waals surface area contributed by atoms with Crippen molar-refractivity contribution < 1.29 is 19.4 Å². The van der Waals surface area contributed by atoms with E-state index < -0.39 is 5.97 Å². The number of hydrogen-bond donors (Lipinski definition) is 2. The van der Waals surface area contributed by atoms with Crippen LogP contribution in [0.25, 0.3) is 0 Å². The molecule has 0 atom stereocenters. The van der Waals surface area contributed by atoms with E-state index in [1.165, 1.54) is 0 Å². The van der Waals surface area contributed by atoms with Gasteiger partial charge in [-0.15, -0.1) is 0 Å². The number of ether oxygens (including phenoxy) is 1. The summed E-state index contributed by atoms with van der Waals surface area (Å²) in [6.07, 6.45) is 2.78. The predicted molar refractivity (Wildman–Crippen MR) is 73.5 cm³/mol. The Balaban J connectivity index is 1.84. The largest absolute Gasteiger partial charge is 0.481 e. The summed E-state index contributed by atoms with van der Waals surface area (Å²) in [5.41, 5.74) is -0.291. The van der Waals surface area contributed by atoms with Crippen molar-refractivity contribution >= 4 is 12.0 Å². The molecule has 6 heteroatoms. The van der Waals surface area contributed by atoms with Gasteiger partial charge in [0.1, 0.15) is 0 Å². The van der Waals surface area contributed by atoms with Crippen molar-refractivity contribution in [2.75, 3.05) is 19.8 Å². The molecule has 2 fully saturated rings. The van der Waals surface area contributed by atoms with Crippen LogP contribution in [0.1, 0.15) is 39.5 Å². The van der Waals surface area contributed by atoms with Crippen molar-refractivity contribution in [3.05, 3.63) is 0 Å². The highest BCUT2D eigenvalue weighted by molar-refractivity contribution is 5.75. The smallest absolute Gasteiger partial charge is 0.318 e. The van der Waals surface area contributed by atoms with E-state index in [0.29, 0.717) is 32.6 Å². The molecule has 2 N–H and O–H groups in total. The number of carbonyl (C=O) groups excluding carboxylic acids is 1. The molecule has 2 rings (SSSR count). The van der Waals surface area contributed by atoms with Crippen LogP contribution in [-0.2, 0) is 9.53 Å². The number of urea groups is 1. The van der Waals surface area contributed by atoms with Crippen molar-refractivity contribution in [2.24, 2.45) is 5.92 Å². The van der Waals surface area contributed by atoms with Crippen LogP contribution < -0.4 is 5.32 Å². The van der Waals surface area contributed by atoms with Crippen molar-refractivity contribution in [1.29, 1.82) is 0 Å². The lowest BCUT2D eigenvalue weighted by molar-refractivity contribution is -0.142. The molecule has 0 aromatic carbocycles. The minimum Gasteiger partial charge on any atom is -0.481 e. The molecule has 0 unspecified atom stereocenters. The van der Waals surface area contributed by atoms with Crippen LogP contribution in [0, 0.1) is 5.92 Å². The first-order valence-corrected chi connectivity index (χ1v) is 7.29. The number of carboxylic acids is 1. The van der Waals surface area contributed by atoms with E-state index in [-0.39, 0.29) is 23.5 Å². The summed E-state index contributed by atoms with van der Waals surface area (Å²) >= 11 is 0. The average Bonchev–Trinajstić information content (AvgIpc) is 2.38. The normalized spacial score (nSPS) is 29.8. The van der Waals surface area contributed by atoms with E-state index in [2.05, 4.69) is 5.32 Å². The van der Waals surface area contributed by atoms with E-state index in [4.69, 9.17) is 9.84 Å². The fourth-order valence-corrected chi connectivity index (χ4v) is 2.97. The van der Waals surface area contributed by atoms with Crippen LogP contribution in [0.15, 0.2) is 0 Å². The molecule has 20 heavy (non-hydrogen) atoms. The van der Waals surface area contributed by atoms with Crippen molar-refractivity contribution in [1.82, 2.24) is 10.2 Å². The minimum atomic E-state index is -0.718. The number of nitrogens with zero attached hydrogens (tertiary/aromatic N) is 1. The summed E-state index contributed by atoms with van der Waals surface area (Å²) in [7, 11) is 0. The van der Waals surface area contributed by atoms with E-state index in [1.807, 2.05) is 18.7 Å². The van der Waals surface area contributed by atoms with Gasteiger partial charge in [0.15, 0.2) is 0 Å². The second-order valence-corrected chi connectivity index (χ2v) is 6.35. The third kappa shape index (κ3) is 3.42. The molecule has 2 amide bonds. The fourth-order valence-electron chi connectivity index (χ4n) is 2.97. The van der Waals surface area contributed by atoms with Crippen molar-refractivity contribution in [3.63, 3.8) is 0 Å². The topological polar surface area (TPSA) is 78.9 Å². The molecule has 0 aromatic heterocycles. The Morgan fingerprint density at radius 3 is 2.45 bits per heavy atom. The Labute approximate surface area is 119 Å². The van der Waals surface area contributed by atoms with E-state index in [0.717, 1.165) is 12.8 Å². The Kier molecular flexibility index (Phi) is 4.52. The van der Waals surface area contributed by atoms with Gasteiger partial charge < -0.3 is 20.1 Å². The van der Waals surface area contributed by atoms with Crippen molar-refractivity contribution in [2.45, 2.75) is 51.1 Å². The highest BCUT2D eigenvalue weighted by Gasteiger charge is 2.35. The second-order valence-electron chi connectivity index (χ2n) is 6.35. The zero-order valence-corrected chi connectivity index (χ0v) is 12.2. The molecule has 6 nitrogen and oxygen atoms in total. The first kappa shape index (κ1) is 15.1. The van der Waals surface area contributed by atoms with Gasteiger partial charge in [-0.25, -0.2) is 4.79 Å². The number of carbonyl (C=O) groups is 2. The molecule has 1 saturated heterocycles. The quantitative estimate of drug-likeness (QED) is 0.804. The molecule has 1 aliphatic carbocycles. The average molecular weight is 284 g/mol. The Hall–Kier alpha value is -1.30. The van der Waals surface area contributed by atoms with Gasteiger partial charge in [-0.05, 0) is 39.5 Å². The Morgan fingerprint density at radius 2 is 1.90 bits per heavy atom. The molecule has 1 aliphatic heterocycles. The summed E-state index contributed by atoms with van der Waals surface area (Å²) in [4.78, 5) is 25.1. The van der Waals surface area contributed by atoms with E-state index >= 15 is 0 Å². The van der Waals surface area contributed by atoms with Crippen LogP contribution in [0.3, 0.4) is 0 Å². The van der Waals surface area contributed by atoms with Crippen LogP contribution in [0.4, 0.5) is 4.79 Å². The molecule has 1 heterocycles. The highest BCUT2D eigenvalue weighted by Crippen LogP contribution is 2.25. The summed E-state index contributed by atoms with van der Waals surface area (Å²) in [6.45, 7) is 5.71. The summed E-state index contributed by atoms with van der Waals surface area (Å²) in [5, 5.41) is 12.0. The van der Waals surface area contributed by atoms with Crippen molar-refractivity contribution in [3.8, 4) is 0 Å². The lowest BCUT2D eigenvalue weighted by Gasteiger charge is -2.42. The number of aliphatic carboxylic acids is 1. The first-order valence-electron chi connectivity index (χ1n) is 7.29. The van der Waals surface area contributed by atoms with Crippen LogP contribution >= 0.6 is 0 Å². The van der Waals surface area contributed by atoms with Gasteiger partial charge in [0.05, 0.1) is 24.7 Å². The van der Waals surface area contributed by atoms with E-state index in [1.54, 1.807) is 0 Å². The number of morpholine rings is 1. The maximum atomic E-state index is 12.3. The SMILES string of the molecule is CC1(C)COCCN1C(=O)NC1CCC(C(=O)O)CC1. The van der Waals surface area contributed by atoms with Gasteiger partial charge in [-0.3, -0.25) is 4.79 Å². The standard InChI is InChI=1S/C14H24N2O4/c1-14(2)9-20-8-7-16(14)13(19)15-11-5-3-10(4-6-11)12(17)18/h10-11H,3-9H2,1-2H3,(H,15,19)(H,17,18). The van der Waals surface area contributed by atoms with E-state index in [9.17, 15) is 9.59 Å². The lowest BCUT2D eigenvalue weighted by atomic mass is 9.86. The molecular formula is C14H24N2O4. The third-order valence-electron chi connectivity index (χ3n) is 4.29. The molecule has 114 valence electrons. The number of rotatable bonds is 2. The molecule has 0 spiro atoms. The molecular weight excluding hydrogens is 260 g/mol. The Bertz CT molecular complexity index is 375. The van der Waals surface area contributed by atoms with Crippen LogP contribution in [0.2, 0.25) is 0 Å². The highest BCUT2D eigenvalue weighted by atomic mass is 16.5. The molecule has 1 saturated carbocycles. The van der Waals surface area contributed by atoms with Gasteiger partial charge in [0, 0.05) is 12.6 Å². The summed E-state index contributed by atoms with van der Waals surface area (Å²) in [5.74, 6) is -0.966. The van der Waals surface area contributed by atoms with Gasteiger partial charge in [-0.2, -0.15) is 0 Å². The predicted octanol–water partition coefficient (Wildman–Crippen LogP) is 1.45. The number of hydrogen-bond acceptors (Lipinski definition) is 3. The monoisotopic (exact) mass is 284 g/mol. The number of carboxylic acid groups (broad SMARTS) is 1. The maximum Gasteiger partial charge on any atom is 0.318 e. The summed E-state index contributed by atoms with van der Waals surface area (Å²) < 4.78 is 5.41. The first-order chi connectivity index (χ1) is 9.40. The Morgan fingerprint density at radius 1 is 1.25 bits per heavy atom. The number of nitrogens with one attached hydrogen (secondary N) is 1. The van der Waals surface area contributed by atoms with Gasteiger partial charge in [-0.1, -0.05) is 0 Å². The van der Waals surface area contributed by atoms with Gasteiger partial charge in [0.25, 0.3) is 0 Å². The van der Waals surface area contributed by atoms with Crippen LogP contribution in [0.5, 0.6) is 0 Å². The molecule has 0 radical (unpaired) electrons. The van der Waals surface area contributed by atoms with Crippen LogP contribution in [-0.4, -0.2) is 53.3 Å². The second kappa shape index (κ2) is 5.99. The minimum absolute atomic E-state index is 0.0583. The number of amides is 2. The zero-order chi connectivity index (χ0) is 14.8. The molecule has 0 aromatic rings. The lowest BCUT2D eigenvalue weighted by Crippen LogP contribution is -2.59. The fraction of sp³-hybridized carbons (Fsp3) is 0.857. The van der Waals surface area contributed by atoms with Gasteiger partial charge >= 0.3 is 12.0 Å².